The molecule has 3 heteroatoms. The van der Waals surface area contributed by atoms with Gasteiger partial charge in [-0.2, -0.15) is 5.26 Å². The molecule has 0 bridgehead atoms. The molecule has 0 aliphatic carbocycles. The van der Waals surface area contributed by atoms with Crippen molar-refractivity contribution in [1.29, 1.82) is 5.26 Å². The number of hydrogen-bond donors (Lipinski definition) is 1. The van der Waals surface area contributed by atoms with E-state index in [-0.39, 0.29) is 0 Å². The van der Waals surface area contributed by atoms with Gasteiger partial charge >= 0.3 is 0 Å². The van der Waals surface area contributed by atoms with E-state index in [9.17, 15) is 5.11 Å². The molecule has 1 N–H and O–H groups in total. The standard InChI is InChI=1S/C11H15NO2/c1-4-11(3,7-12)10(13)9-8(2)5-6-14-9/h5-6,10,13H,4H2,1-3H3. The summed E-state index contributed by atoms with van der Waals surface area (Å²) in [6, 6.07) is 3.92. The van der Waals surface area contributed by atoms with Crippen molar-refractivity contribution < 1.29 is 9.52 Å². The third-order valence-corrected chi connectivity index (χ3v) is 2.74. The van der Waals surface area contributed by atoms with E-state index in [1.807, 2.05) is 13.8 Å². The summed E-state index contributed by atoms with van der Waals surface area (Å²) in [5, 5.41) is 19.0. The molecule has 1 rings (SSSR count). The Labute approximate surface area is 84.0 Å². The number of aryl methyl sites for hydroxylation is 1. The lowest BCUT2D eigenvalue weighted by molar-refractivity contribution is 0.0517. The van der Waals surface area contributed by atoms with Crippen LogP contribution in [0, 0.1) is 23.7 Å². The molecule has 0 spiro atoms. The zero-order valence-corrected chi connectivity index (χ0v) is 8.74. The lowest BCUT2D eigenvalue weighted by Gasteiger charge is -2.24. The number of hydrogen-bond acceptors (Lipinski definition) is 3. The third-order valence-electron chi connectivity index (χ3n) is 2.74. The van der Waals surface area contributed by atoms with Gasteiger partial charge in [0.05, 0.1) is 17.7 Å². The fraction of sp³-hybridized carbons (Fsp3) is 0.545. The molecule has 0 radical (unpaired) electrons. The lowest BCUT2D eigenvalue weighted by atomic mass is 9.81. The maximum absolute atomic E-state index is 9.99. The van der Waals surface area contributed by atoms with Gasteiger partial charge < -0.3 is 9.52 Å². The second kappa shape index (κ2) is 3.85. The van der Waals surface area contributed by atoms with Crippen molar-refractivity contribution in [3.63, 3.8) is 0 Å². The van der Waals surface area contributed by atoms with E-state index in [4.69, 9.17) is 9.68 Å². The van der Waals surface area contributed by atoms with E-state index >= 15 is 0 Å². The van der Waals surface area contributed by atoms with Crippen LogP contribution in [0.4, 0.5) is 0 Å². The third kappa shape index (κ3) is 1.66. The average molecular weight is 193 g/mol. The van der Waals surface area contributed by atoms with Gasteiger partial charge in [0.25, 0.3) is 0 Å². The van der Waals surface area contributed by atoms with Gasteiger partial charge in [-0.25, -0.2) is 0 Å². The van der Waals surface area contributed by atoms with Crippen LogP contribution in [0.2, 0.25) is 0 Å². The number of nitriles is 1. The first-order chi connectivity index (χ1) is 6.55. The molecule has 14 heavy (non-hydrogen) atoms. The molecule has 0 aromatic carbocycles. The summed E-state index contributed by atoms with van der Waals surface area (Å²) in [4.78, 5) is 0. The minimum Gasteiger partial charge on any atom is -0.466 e. The van der Waals surface area contributed by atoms with Gasteiger partial charge in [-0.15, -0.1) is 0 Å². The molecule has 1 aromatic heterocycles. The quantitative estimate of drug-likeness (QED) is 0.802. The number of furan rings is 1. The Morgan fingerprint density at radius 1 is 1.71 bits per heavy atom. The molecule has 0 amide bonds. The van der Waals surface area contributed by atoms with Crippen molar-refractivity contribution in [3.8, 4) is 6.07 Å². The molecule has 0 saturated carbocycles. The molecular formula is C11H15NO2. The highest BCUT2D eigenvalue weighted by Gasteiger charge is 2.35. The van der Waals surface area contributed by atoms with E-state index in [0.29, 0.717) is 12.2 Å². The fourth-order valence-corrected chi connectivity index (χ4v) is 1.29. The van der Waals surface area contributed by atoms with Gasteiger partial charge in [0.1, 0.15) is 11.9 Å². The monoisotopic (exact) mass is 193 g/mol. The molecule has 76 valence electrons. The topological polar surface area (TPSA) is 57.2 Å². The summed E-state index contributed by atoms with van der Waals surface area (Å²) in [5.74, 6) is 0.496. The van der Waals surface area contributed by atoms with Gasteiger partial charge in [-0.05, 0) is 31.9 Å². The molecule has 3 nitrogen and oxygen atoms in total. The summed E-state index contributed by atoms with van der Waals surface area (Å²) >= 11 is 0. The maximum Gasteiger partial charge on any atom is 0.136 e. The first-order valence-electron chi connectivity index (χ1n) is 4.68. The first-order valence-corrected chi connectivity index (χ1v) is 4.68. The van der Waals surface area contributed by atoms with Crippen molar-refractivity contribution in [1.82, 2.24) is 0 Å². The van der Waals surface area contributed by atoms with Gasteiger partial charge in [0, 0.05) is 0 Å². The van der Waals surface area contributed by atoms with Crippen LogP contribution in [0.5, 0.6) is 0 Å². The molecule has 1 aromatic rings. The Balaban J connectivity index is 3.02. The van der Waals surface area contributed by atoms with Crippen molar-refractivity contribution in [2.45, 2.75) is 33.3 Å². The number of rotatable bonds is 3. The predicted octanol–water partition coefficient (Wildman–Crippen LogP) is 2.56. The summed E-state index contributed by atoms with van der Waals surface area (Å²) in [5.41, 5.74) is 0.107. The fourth-order valence-electron chi connectivity index (χ4n) is 1.29. The Kier molecular flexibility index (Phi) is 2.97. The summed E-state index contributed by atoms with van der Waals surface area (Å²) < 4.78 is 5.17. The number of aliphatic hydroxyl groups is 1. The van der Waals surface area contributed by atoms with Gasteiger partial charge in [-0.1, -0.05) is 6.92 Å². The molecule has 0 aliphatic rings. The molecule has 2 unspecified atom stereocenters. The van der Waals surface area contributed by atoms with Gasteiger partial charge in [0.15, 0.2) is 0 Å². The van der Waals surface area contributed by atoms with Crippen molar-refractivity contribution in [3.05, 3.63) is 23.7 Å². The Bertz CT molecular complexity index is 350. The lowest BCUT2D eigenvalue weighted by Crippen LogP contribution is -2.23. The normalized spacial score (nSPS) is 17.1. The smallest absolute Gasteiger partial charge is 0.136 e. The van der Waals surface area contributed by atoms with Crippen LogP contribution in [0.15, 0.2) is 16.7 Å². The molecule has 0 aliphatic heterocycles. The molecule has 0 saturated heterocycles. The van der Waals surface area contributed by atoms with E-state index in [1.165, 1.54) is 6.26 Å². The van der Waals surface area contributed by atoms with Crippen molar-refractivity contribution in [2.75, 3.05) is 0 Å². The Morgan fingerprint density at radius 3 is 2.71 bits per heavy atom. The minimum absolute atomic E-state index is 0.496. The summed E-state index contributed by atoms with van der Waals surface area (Å²) in [7, 11) is 0. The van der Waals surface area contributed by atoms with Crippen LogP contribution in [-0.4, -0.2) is 5.11 Å². The second-order valence-corrected chi connectivity index (χ2v) is 3.75. The molecule has 0 fully saturated rings. The molecule has 1 heterocycles. The van der Waals surface area contributed by atoms with Crippen molar-refractivity contribution in [2.24, 2.45) is 5.41 Å². The zero-order valence-electron chi connectivity index (χ0n) is 8.74. The average Bonchev–Trinajstić information content (AvgIpc) is 2.62. The summed E-state index contributed by atoms with van der Waals surface area (Å²) in [6.07, 6.45) is 1.26. The Hall–Kier alpha value is -1.27. The SMILES string of the molecule is CCC(C)(C#N)C(O)c1occc1C. The van der Waals surface area contributed by atoms with Crippen molar-refractivity contribution >= 4 is 0 Å². The highest BCUT2D eigenvalue weighted by atomic mass is 16.4. The van der Waals surface area contributed by atoms with E-state index < -0.39 is 11.5 Å². The highest BCUT2D eigenvalue weighted by Crippen LogP contribution is 2.37. The number of nitrogens with zero attached hydrogens (tertiary/aromatic N) is 1. The zero-order chi connectivity index (χ0) is 10.8. The van der Waals surface area contributed by atoms with Gasteiger partial charge in [-0.3, -0.25) is 0 Å². The largest absolute Gasteiger partial charge is 0.466 e. The predicted molar refractivity (Wildman–Crippen MR) is 52.4 cm³/mol. The maximum atomic E-state index is 9.99. The van der Waals surface area contributed by atoms with Crippen LogP contribution < -0.4 is 0 Å². The van der Waals surface area contributed by atoms with Crippen LogP contribution >= 0.6 is 0 Å². The minimum atomic E-state index is -0.854. The molecular weight excluding hydrogens is 178 g/mol. The highest BCUT2D eigenvalue weighted by molar-refractivity contribution is 5.21. The van der Waals surface area contributed by atoms with Crippen LogP contribution in [-0.2, 0) is 0 Å². The second-order valence-electron chi connectivity index (χ2n) is 3.75. The van der Waals surface area contributed by atoms with E-state index in [1.54, 1.807) is 13.0 Å². The van der Waals surface area contributed by atoms with Crippen LogP contribution in [0.25, 0.3) is 0 Å². The van der Waals surface area contributed by atoms with Gasteiger partial charge in [0.2, 0.25) is 0 Å². The number of aliphatic hydroxyl groups excluding tert-OH is 1. The first kappa shape index (κ1) is 10.8. The molecule has 2 atom stereocenters. The van der Waals surface area contributed by atoms with E-state index in [2.05, 4.69) is 6.07 Å². The van der Waals surface area contributed by atoms with E-state index in [0.717, 1.165) is 5.56 Å². The van der Waals surface area contributed by atoms with Crippen LogP contribution in [0.3, 0.4) is 0 Å². The summed E-state index contributed by atoms with van der Waals surface area (Å²) in [6.45, 7) is 5.47. The Morgan fingerprint density at radius 2 is 2.36 bits per heavy atom. The van der Waals surface area contributed by atoms with Crippen LogP contribution in [0.1, 0.15) is 37.7 Å².